The third kappa shape index (κ3) is 5.63. The summed E-state index contributed by atoms with van der Waals surface area (Å²) in [6, 6.07) is -0.345. The van der Waals surface area contributed by atoms with Gasteiger partial charge in [0.25, 0.3) is 0 Å². The molecule has 0 aliphatic heterocycles. The van der Waals surface area contributed by atoms with Crippen LogP contribution in [0, 0.1) is 24.2 Å². The van der Waals surface area contributed by atoms with E-state index in [1.807, 2.05) is 0 Å². The average Bonchev–Trinajstić information content (AvgIpc) is 2.39. The molecule has 1 saturated carbocycles. The van der Waals surface area contributed by atoms with Gasteiger partial charge in [-0.05, 0) is 18.8 Å². The molecule has 0 aromatic heterocycles. The molecule has 1 aliphatic rings. The number of rotatable bonds is 7. The third-order valence-corrected chi connectivity index (χ3v) is 4.06. The highest BCUT2D eigenvalue weighted by Gasteiger charge is 2.26. The number of terminal acetylenes is 1. The standard InChI is InChI=1S/C15H25NO3/c1-2-6-12(15(18)19)10-14(17)13(16)9-11-7-4-3-5-8-11/h1,11-14,17H,3-10,16H2,(H,18,19)/t12?,13-,14+/m0/s1. The molecule has 0 heterocycles. The normalized spacial score (nSPS) is 21.3. The molecule has 3 atom stereocenters. The van der Waals surface area contributed by atoms with Gasteiger partial charge in [-0.1, -0.05) is 32.1 Å². The Bertz CT molecular complexity index is 318. The second kappa shape index (κ2) is 8.19. The van der Waals surface area contributed by atoms with Crippen LogP contribution in [0.25, 0.3) is 0 Å². The molecule has 0 aromatic rings. The second-order valence-electron chi connectivity index (χ2n) is 5.65. The maximum atomic E-state index is 11.0. The lowest BCUT2D eigenvalue weighted by molar-refractivity contribution is -0.142. The average molecular weight is 267 g/mol. The smallest absolute Gasteiger partial charge is 0.307 e. The van der Waals surface area contributed by atoms with Crippen LogP contribution in [0.3, 0.4) is 0 Å². The quantitative estimate of drug-likeness (QED) is 0.614. The summed E-state index contributed by atoms with van der Waals surface area (Å²) >= 11 is 0. The molecule has 19 heavy (non-hydrogen) atoms. The van der Waals surface area contributed by atoms with Gasteiger partial charge in [0.05, 0.1) is 12.0 Å². The van der Waals surface area contributed by atoms with E-state index >= 15 is 0 Å². The van der Waals surface area contributed by atoms with Crippen molar-refractivity contribution in [1.29, 1.82) is 0 Å². The molecule has 0 spiro atoms. The van der Waals surface area contributed by atoms with E-state index in [9.17, 15) is 9.90 Å². The van der Waals surface area contributed by atoms with E-state index in [0.29, 0.717) is 5.92 Å². The van der Waals surface area contributed by atoms with Gasteiger partial charge in [0.2, 0.25) is 0 Å². The van der Waals surface area contributed by atoms with Crippen molar-refractivity contribution in [3.63, 3.8) is 0 Å². The number of carboxylic acid groups (broad SMARTS) is 1. The Labute approximate surface area is 115 Å². The first-order chi connectivity index (χ1) is 9.04. The summed E-state index contributed by atoms with van der Waals surface area (Å²) in [5.74, 6) is 1.27. The van der Waals surface area contributed by atoms with Crippen LogP contribution in [0.5, 0.6) is 0 Å². The molecule has 0 bridgehead atoms. The van der Waals surface area contributed by atoms with Gasteiger partial charge in [-0.3, -0.25) is 4.79 Å². The van der Waals surface area contributed by atoms with Crippen molar-refractivity contribution in [2.45, 2.75) is 63.5 Å². The molecule has 0 saturated heterocycles. The summed E-state index contributed by atoms with van der Waals surface area (Å²) in [6.07, 6.45) is 11.5. The van der Waals surface area contributed by atoms with Crippen LogP contribution in [0.1, 0.15) is 51.4 Å². The molecular weight excluding hydrogens is 242 g/mol. The lowest BCUT2D eigenvalue weighted by Crippen LogP contribution is -2.39. The maximum absolute atomic E-state index is 11.0. The fourth-order valence-corrected chi connectivity index (χ4v) is 2.84. The van der Waals surface area contributed by atoms with Gasteiger partial charge in [-0.15, -0.1) is 12.3 Å². The fourth-order valence-electron chi connectivity index (χ4n) is 2.84. The molecule has 0 amide bonds. The number of hydrogen-bond acceptors (Lipinski definition) is 3. The Kier molecular flexibility index (Phi) is 6.90. The summed E-state index contributed by atoms with van der Waals surface area (Å²) in [5.41, 5.74) is 6.00. The lowest BCUT2D eigenvalue weighted by Gasteiger charge is -2.28. The Hall–Kier alpha value is -1.05. The predicted octanol–water partition coefficient (Wildman–Crippen LogP) is 1.76. The summed E-state index contributed by atoms with van der Waals surface area (Å²) in [5, 5.41) is 19.0. The van der Waals surface area contributed by atoms with E-state index in [1.54, 1.807) is 0 Å². The van der Waals surface area contributed by atoms with Crippen molar-refractivity contribution in [2.75, 3.05) is 0 Å². The topological polar surface area (TPSA) is 83.5 Å². The van der Waals surface area contributed by atoms with E-state index in [1.165, 1.54) is 32.1 Å². The minimum Gasteiger partial charge on any atom is -0.481 e. The molecular formula is C15H25NO3. The highest BCUT2D eigenvalue weighted by atomic mass is 16.4. The van der Waals surface area contributed by atoms with Gasteiger partial charge in [0.1, 0.15) is 0 Å². The molecule has 0 radical (unpaired) electrons. The number of aliphatic hydroxyl groups excluding tert-OH is 1. The van der Waals surface area contributed by atoms with Crippen molar-refractivity contribution in [1.82, 2.24) is 0 Å². The summed E-state index contributed by atoms with van der Waals surface area (Å²) < 4.78 is 0. The zero-order valence-electron chi connectivity index (χ0n) is 11.4. The number of aliphatic carboxylic acids is 1. The minimum atomic E-state index is -0.957. The fraction of sp³-hybridized carbons (Fsp3) is 0.800. The molecule has 4 N–H and O–H groups in total. The second-order valence-corrected chi connectivity index (χ2v) is 5.65. The Morgan fingerprint density at radius 2 is 2.00 bits per heavy atom. The molecule has 1 fully saturated rings. The minimum absolute atomic E-state index is 0.141. The summed E-state index contributed by atoms with van der Waals surface area (Å²) in [6.45, 7) is 0. The van der Waals surface area contributed by atoms with Crippen LogP contribution in [-0.4, -0.2) is 28.3 Å². The molecule has 0 aromatic carbocycles. The Balaban J connectivity index is 2.39. The van der Waals surface area contributed by atoms with E-state index < -0.39 is 18.0 Å². The van der Waals surface area contributed by atoms with Crippen LogP contribution in [-0.2, 0) is 4.79 Å². The Morgan fingerprint density at radius 3 is 2.53 bits per heavy atom. The van der Waals surface area contributed by atoms with Gasteiger partial charge < -0.3 is 15.9 Å². The first-order valence-corrected chi connectivity index (χ1v) is 7.14. The van der Waals surface area contributed by atoms with Crippen LogP contribution < -0.4 is 5.73 Å². The molecule has 1 aliphatic carbocycles. The molecule has 4 heteroatoms. The van der Waals surface area contributed by atoms with E-state index in [-0.39, 0.29) is 18.9 Å². The van der Waals surface area contributed by atoms with Gasteiger partial charge in [0.15, 0.2) is 0 Å². The molecule has 4 nitrogen and oxygen atoms in total. The number of carboxylic acids is 1. The van der Waals surface area contributed by atoms with Crippen LogP contribution in [0.4, 0.5) is 0 Å². The van der Waals surface area contributed by atoms with Crippen molar-refractivity contribution in [2.24, 2.45) is 17.6 Å². The zero-order valence-corrected chi connectivity index (χ0v) is 11.4. The summed E-state index contributed by atoms with van der Waals surface area (Å²) in [7, 11) is 0. The van der Waals surface area contributed by atoms with E-state index in [4.69, 9.17) is 17.3 Å². The first-order valence-electron chi connectivity index (χ1n) is 7.14. The number of nitrogens with two attached hydrogens (primary N) is 1. The first kappa shape index (κ1) is 16.0. The van der Waals surface area contributed by atoms with Gasteiger partial charge in [0, 0.05) is 12.5 Å². The maximum Gasteiger partial charge on any atom is 0.307 e. The van der Waals surface area contributed by atoms with Crippen molar-refractivity contribution in [3.05, 3.63) is 0 Å². The number of carbonyl (C=O) groups is 1. The van der Waals surface area contributed by atoms with Crippen LogP contribution in [0.15, 0.2) is 0 Å². The van der Waals surface area contributed by atoms with Crippen LogP contribution in [0.2, 0.25) is 0 Å². The zero-order chi connectivity index (χ0) is 14.3. The number of aliphatic hydroxyl groups is 1. The molecule has 108 valence electrons. The van der Waals surface area contributed by atoms with Crippen molar-refractivity contribution in [3.8, 4) is 12.3 Å². The SMILES string of the molecule is C#CCC(C[C@@H](O)[C@@H](N)CC1CCCCC1)C(=O)O. The third-order valence-electron chi connectivity index (χ3n) is 4.06. The number of hydrogen-bond donors (Lipinski definition) is 3. The van der Waals surface area contributed by atoms with E-state index in [0.717, 1.165) is 6.42 Å². The molecule has 1 rings (SSSR count). The van der Waals surface area contributed by atoms with E-state index in [2.05, 4.69) is 5.92 Å². The monoisotopic (exact) mass is 267 g/mol. The van der Waals surface area contributed by atoms with Gasteiger partial charge in [-0.2, -0.15) is 0 Å². The van der Waals surface area contributed by atoms with Crippen molar-refractivity contribution >= 4 is 5.97 Å². The van der Waals surface area contributed by atoms with Gasteiger partial charge in [-0.25, -0.2) is 0 Å². The molecule has 1 unspecified atom stereocenters. The van der Waals surface area contributed by atoms with Gasteiger partial charge >= 0.3 is 5.97 Å². The highest BCUT2D eigenvalue weighted by Crippen LogP contribution is 2.28. The highest BCUT2D eigenvalue weighted by molar-refractivity contribution is 5.70. The predicted molar refractivity (Wildman–Crippen MR) is 74.4 cm³/mol. The largest absolute Gasteiger partial charge is 0.481 e. The Morgan fingerprint density at radius 1 is 1.37 bits per heavy atom. The summed E-state index contributed by atoms with van der Waals surface area (Å²) in [4.78, 5) is 11.0. The van der Waals surface area contributed by atoms with Crippen LogP contribution >= 0.6 is 0 Å². The lowest BCUT2D eigenvalue weighted by atomic mass is 9.82. The van der Waals surface area contributed by atoms with Crippen molar-refractivity contribution < 1.29 is 15.0 Å².